The van der Waals surface area contributed by atoms with E-state index in [0.717, 1.165) is 11.7 Å². The van der Waals surface area contributed by atoms with Crippen LogP contribution in [0.25, 0.3) is 0 Å². The summed E-state index contributed by atoms with van der Waals surface area (Å²) in [5, 5.41) is 3.44. The maximum atomic E-state index is 5.49. The lowest BCUT2D eigenvalue weighted by molar-refractivity contribution is 0.371. The van der Waals surface area contributed by atoms with Crippen molar-refractivity contribution in [1.82, 2.24) is 5.32 Å². The largest absolute Gasteiger partial charge is 0.496 e. The highest BCUT2D eigenvalue weighted by Gasteiger charge is 2.17. The number of methoxy groups -OCH3 is 1. The molecule has 0 aliphatic carbocycles. The van der Waals surface area contributed by atoms with E-state index < -0.39 is 0 Å². The molecule has 0 radical (unpaired) electrons. The lowest BCUT2D eigenvalue weighted by Gasteiger charge is -2.24. The van der Waals surface area contributed by atoms with E-state index in [1.165, 1.54) is 54.6 Å². The van der Waals surface area contributed by atoms with Crippen LogP contribution in [0.1, 0.15) is 35.1 Å². The molecule has 2 nitrogen and oxygen atoms in total. The third kappa shape index (κ3) is 2.69. The highest BCUT2D eigenvalue weighted by molar-refractivity contribution is 5.49. The van der Waals surface area contributed by atoms with E-state index in [0.29, 0.717) is 0 Å². The molecule has 2 heteroatoms. The summed E-state index contributed by atoms with van der Waals surface area (Å²) in [6, 6.07) is 2.32. The quantitative estimate of drug-likeness (QED) is 0.886. The molecule has 1 aliphatic rings. The molecule has 18 heavy (non-hydrogen) atoms. The maximum absolute atomic E-state index is 5.49. The number of benzene rings is 1. The van der Waals surface area contributed by atoms with Crippen molar-refractivity contribution < 1.29 is 4.74 Å². The summed E-state index contributed by atoms with van der Waals surface area (Å²) in [6.45, 7) is 8.91. The fourth-order valence-corrected chi connectivity index (χ4v) is 3.06. The number of hydrogen-bond donors (Lipinski definition) is 1. The van der Waals surface area contributed by atoms with Crippen molar-refractivity contribution in [2.24, 2.45) is 5.92 Å². The smallest absolute Gasteiger partial charge is 0.124 e. The Kier molecular flexibility index (Phi) is 4.28. The Morgan fingerprint density at radius 3 is 2.44 bits per heavy atom. The Hall–Kier alpha value is -1.02. The van der Waals surface area contributed by atoms with Crippen molar-refractivity contribution in [1.29, 1.82) is 0 Å². The Bertz CT molecular complexity index is 420. The van der Waals surface area contributed by atoms with Gasteiger partial charge in [-0.1, -0.05) is 6.07 Å². The van der Waals surface area contributed by atoms with Crippen LogP contribution in [0.15, 0.2) is 6.07 Å². The summed E-state index contributed by atoms with van der Waals surface area (Å²) >= 11 is 0. The van der Waals surface area contributed by atoms with Crippen molar-refractivity contribution in [3.8, 4) is 5.75 Å². The molecule has 2 rings (SSSR count). The van der Waals surface area contributed by atoms with Crippen LogP contribution in [-0.2, 0) is 6.42 Å². The fraction of sp³-hybridized carbons (Fsp3) is 0.625. The molecule has 1 fully saturated rings. The normalized spacial score (nSPS) is 16.9. The maximum Gasteiger partial charge on any atom is 0.124 e. The first-order valence-corrected chi connectivity index (χ1v) is 6.98. The molecule has 100 valence electrons. The predicted molar refractivity (Wildman–Crippen MR) is 76.5 cm³/mol. The summed E-state index contributed by atoms with van der Waals surface area (Å²) < 4.78 is 5.49. The van der Waals surface area contributed by atoms with Gasteiger partial charge in [0.05, 0.1) is 7.11 Å². The summed E-state index contributed by atoms with van der Waals surface area (Å²) in [4.78, 5) is 0. The fourth-order valence-electron chi connectivity index (χ4n) is 3.06. The van der Waals surface area contributed by atoms with Gasteiger partial charge in [-0.2, -0.15) is 0 Å². The van der Waals surface area contributed by atoms with Crippen LogP contribution in [0.4, 0.5) is 0 Å². The highest BCUT2D eigenvalue weighted by atomic mass is 16.5. The van der Waals surface area contributed by atoms with Gasteiger partial charge in [-0.15, -0.1) is 0 Å². The molecule has 1 aliphatic heterocycles. The summed E-state index contributed by atoms with van der Waals surface area (Å²) in [7, 11) is 1.77. The van der Waals surface area contributed by atoms with Crippen LogP contribution >= 0.6 is 0 Å². The first-order valence-electron chi connectivity index (χ1n) is 6.98. The molecule has 1 heterocycles. The zero-order chi connectivity index (χ0) is 13.1. The molecule has 0 bridgehead atoms. The van der Waals surface area contributed by atoms with E-state index in [1.807, 2.05) is 0 Å². The minimum Gasteiger partial charge on any atom is -0.496 e. The summed E-state index contributed by atoms with van der Waals surface area (Å²) in [5.74, 6) is 1.90. The SMILES string of the molecule is COc1c(C)cc(CC2CCNCC2)c(C)c1C. The number of rotatable bonds is 3. The second kappa shape index (κ2) is 5.75. The highest BCUT2D eigenvalue weighted by Crippen LogP contribution is 2.30. The van der Waals surface area contributed by atoms with Gasteiger partial charge in [0.25, 0.3) is 0 Å². The molecule has 0 amide bonds. The molecule has 0 saturated carbocycles. The molecule has 0 aromatic heterocycles. The zero-order valence-electron chi connectivity index (χ0n) is 12.1. The lowest BCUT2D eigenvalue weighted by Crippen LogP contribution is -2.28. The van der Waals surface area contributed by atoms with Crippen molar-refractivity contribution in [3.05, 3.63) is 28.3 Å². The number of aryl methyl sites for hydroxylation is 1. The second-order valence-electron chi connectivity index (χ2n) is 5.53. The lowest BCUT2D eigenvalue weighted by atomic mass is 9.87. The average molecular weight is 247 g/mol. The van der Waals surface area contributed by atoms with Crippen LogP contribution in [-0.4, -0.2) is 20.2 Å². The van der Waals surface area contributed by atoms with E-state index in [9.17, 15) is 0 Å². The molecule has 1 aromatic carbocycles. The number of piperidine rings is 1. The van der Waals surface area contributed by atoms with Gasteiger partial charge in [0.2, 0.25) is 0 Å². The van der Waals surface area contributed by atoms with Gasteiger partial charge >= 0.3 is 0 Å². The van der Waals surface area contributed by atoms with E-state index in [1.54, 1.807) is 7.11 Å². The summed E-state index contributed by atoms with van der Waals surface area (Å²) in [6.07, 6.45) is 3.84. The van der Waals surface area contributed by atoms with Crippen LogP contribution in [0.5, 0.6) is 5.75 Å². The molecular formula is C16H25NO. The zero-order valence-corrected chi connectivity index (χ0v) is 12.1. The Labute approximate surface area is 111 Å². The van der Waals surface area contributed by atoms with Gasteiger partial charge < -0.3 is 10.1 Å². The van der Waals surface area contributed by atoms with Crippen molar-refractivity contribution in [2.75, 3.05) is 20.2 Å². The topological polar surface area (TPSA) is 21.3 Å². The standard InChI is InChI=1S/C16H25NO/c1-11-9-15(10-14-5-7-17-8-6-14)12(2)13(3)16(11)18-4/h9,14,17H,5-8,10H2,1-4H3. The van der Waals surface area contributed by atoms with Gasteiger partial charge in [-0.25, -0.2) is 0 Å². The van der Waals surface area contributed by atoms with Crippen LogP contribution in [0.2, 0.25) is 0 Å². The molecule has 0 atom stereocenters. The van der Waals surface area contributed by atoms with Crippen molar-refractivity contribution in [2.45, 2.75) is 40.0 Å². The summed E-state index contributed by atoms with van der Waals surface area (Å²) in [5.41, 5.74) is 5.50. The predicted octanol–water partition coefficient (Wildman–Crippen LogP) is 3.16. The third-order valence-electron chi connectivity index (χ3n) is 4.31. The number of hydrogen-bond acceptors (Lipinski definition) is 2. The molecule has 0 unspecified atom stereocenters. The van der Waals surface area contributed by atoms with Gasteiger partial charge in [0, 0.05) is 0 Å². The Balaban J connectivity index is 2.22. The molecule has 1 saturated heterocycles. The molecule has 0 spiro atoms. The van der Waals surface area contributed by atoms with E-state index in [-0.39, 0.29) is 0 Å². The molecule has 1 aromatic rings. The van der Waals surface area contributed by atoms with Crippen molar-refractivity contribution in [3.63, 3.8) is 0 Å². The van der Waals surface area contributed by atoms with Crippen LogP contribution in [0, 0.1) is 26.7 Å². The van der Waals surface area contributed by atoms with Gasteiger partial charge in [0.15, 0.2) is 0 Å². The first kappa shape index (κ1) is 13.4. The minimum atomic E-state index is 0.845. The van der Waals surface area contributed by atoms with E-state index >= 15 is 0 Å². The minimum absolute atomic E-state index is 0.845. The average Bonchev–Trinajstić information content (AvgIpc) is 2.37. The second-order valence-corrected chi connectivity index (χ2v) is 5.53. The van der Waals surface area contributed by atoms with Gasteiger partial charge in [-0.3, -0.25) is 0 Å². The first-order chi connectivity index (χ1) is 8.63. The van der Waals surface area contributed by atoms with Crippen LogP contribution < -0.4 is 10.1 Å². The molecule has 1 N–H and O–H groups in total. The van der Waals surface area contributed by atoms with Crippen molar-refractivity contribution >= 4 is 0 Å². The van der Waals surface area contributed by atoms with Crippen LogP contribution in [0.3, 0.4) is 0 Å². The Morgan fingerprint density at radius 1 is 1.17 bits per heavy atom. The monoisotopic (exact) mass is 247 g/mol. The van der Waals surface area contributed by atoms with E-state index in [2.05, 4.69) is 32.2 Å². The Morgan fingerprint density at radius 2 is 1.83 bits per heavy atom. The van der Waals surface area contributed by atoms with Gasteiger partial charge in [0.1, 0.15) is 5.75 Å². The number of nitrogens with one attached hydrogen (secondary N) is 1. The van der Waals surface area contributed by atoms with E-state index in [4.69, 9.17) is 4.74 Å². The van der Waals surface area contributed by atoms with Gasteiger partial charge in [-0.05, 0) is 81.3 Å². The molecular weight excluding hydrogens is 222 g/mol. The number of ether oxygens (including phenoxy) is 1. The third-order valence-corrected chi connectivity index (χ3v) is 4.31.